The van der Waals surface area contributed by atoms with E-state index in [0.717, 1.165) is 59.7 Å². The predicted octanol–water partition coefficient (Wildman–Crippen LogP) is 4.51. The number of aromatic amines is 1. The number of nitrogens with zero attached hydrogens (tertiary/aromatic N) is 1. The Morgan fingerprint density at radius 3 is 2.51 bits per heavy atom. The number of nitrogens with two attached hydrogens (primary N) is 1. The lowest BCUT2D eigenvalue weighted by Gasteiger charge is -2.28. The number of amides is 2. The summed E-state index contributed by atoms with van der Waals surface area (Å²) in [5, 5.41) is 6.12. The number of carbonyl (C=O) groups excluding carboxylic acids is 2. The van der Waals surface area contributed by atoms with Crippen LogP contribution in [-0.4, -0.2) is 28.3 Å². The Kier molecular flexibility index (Phi) is 7.98. The molecule has 1 aliphatic carbocycles. The molecule has 7 nitrogen and oxygen atoms in total. The van der Waals surface area contributed by atoms with Crippen LogP contribution in [0.15, 0.2) is 54.6 Å². The van der Waals surface area contributed by atoms with E-state index in [1.54, 1.807) is 0 Å². The normalized spacial score (nSPS) is 18.6. The number of carbonyl (C=O) groups is 2. The van der Waals surface area contributed by atoms with Gasteiger partial charge in [0, 0.05) is 29.8 Å². The Morgan fingerprint density at radius 2 is 1.83 bits per heavy atom. The molecule has 1 heterocycles. The maximum atomic E-state index is 13.3. The molecule has 1 atom stereocenters. The highest BCUT2D eigenvalue weighted by Gasteiger charge is 2.28. The second-order valence-corrected chi connectivity index (χ2v) is 9.56. The standard InChI is InChI=1S/C28H35N5O2/c1-18-26(23-9-6-10-24(16-23)31-19(2)34)33-27(30-18)25(15-20-7-4-3-5-8-20)32-28(35)22-13-11-21(17-29)12-14-22/h3-10,16,21-22,25H,11-15,17,29H2,1-2H3,(H,30,33)(H,31,34)(H,32,35). The van der Waals surface area contributed by atoms with Gasteiger partial charge in [0.2, 0.25) is 11.8 Å². The Bertz CT molecular complexity index is 1150. The lowest BCUT2D eigenvalue weighted by atomic mass is 9.81. The first-order valence-electron chi connectivity index (χ1n) is 12.4. The minimum absolute atomic E-state index is 0.0148. The van der Waals surface area contributed by atoms with E-state index in [-0.39, 0.29) is 23.8 Å². The number of imidazole rings is 1. The van der Waals surface area contributed by atoms with E-state index < -0.39 is 0 Å². The second kappa shape index (κ2) is 11.3. The Balaban J connectivity index is 1.58. The molecule has 0 aliphatic heterocycles. The largest absolute Gasteiger partial charge is 0.346 e. The highest BCUT2D eigenvalue weighted by molar-refractivity contribution is 5.89. The van der Waals surface area contributed by atoms with Crippen LogP contribution in [0.1, 0.15) is 55.7 Å². The van der Waals surface area contributed by atoms with E-state index in [1.165, 1.54) is 6.92 Å². The Morgan fingerprint density at radius 1 is 1.09 bits per heavy atom. The lowest BCUT2D eigenvalue weighted by molar-refractivity contribution is -0.127. The number of aryl methyl sites for hydroxylation is 1. The van der Waals surface area contributed by atoms with Crippen molar-refractivity contribution in [3.8, 4) is 11.3 Å². The molecule has 1 aliphatic rings. The third-order valence-corrected chi connectivity index (χ3v) is 6.84. The summed E-state index contributed by atoms with van der Waals surface area (Å²) < 4.78 is 0. The average molecular weight is 474 g/mol. The van der Waals surface area contributed by atoms with Gasteiger partial charge in [-0.05, 0) is 69.2 Å². The molecule has 184 valence electrons. The van der Waals surface area contributed by atoms with Gasteiger partial charge in [-0.3, -0.25) is 9.59 Å². The molecule has 5 N–H and O–H groups in total. The first-order valence-corrected chi connectivity index (χ1v) is 12.4. The molecule has 0 saturated heterocycles. The van der Waals surface area contributed by atoms with Crippen LogP contribution < -0.4 is 16.4 Å². The molecule has 1 aromatic heterocycles. The van der Waals surface area contributed by atoms with Gasteiger partial charge in [0.15, 0.2) is 0 Å². The van der Waals surface area contributed by atoms with Gasteiger partial charge in [-0.15, -0.1) is 0 Å². The molecule has 1 saturated carbocycles. The van der Waals surface area contributed by atoms with Crippen molar-refractivity contribution in [3.63, 3.8) is 0 Å². The van der Waals surface area contributed by atoms with Crippen molar-refractivity contribution >= 4 is 17.5 Å². The minimum atomic E-state index is -0.275. The molecule has 35 heavy (non-hydrogen) atoms. The molecule has 2 aromatic carbocycles. The minimum Gasteiger partial charge on any atom is -0.346 e. The molecule has 3 aromatic rings. The molecular formula is C28H35N5O2. The molecule has 0 radical (unpaired) electrons. The van der Waals surface area contributed by atoms with E-state index in [0.29, 0.717) is 18.9 Å². The highest BCUT2D eigenvalue weighted by atomic mass is 16.2. The van der Waals surface area contributed by atoms with Gasteiger partial charge in [0.1, 0.15) is 5.82 Å². The van der Waals surface area contributed by atoms with Crippen molar-refractivity contribution in [2.75, 3.05) is 11.9 Å². The number of aromatic nitrogens is 2. The number of rotatable bonds is 8. The van der Waals surface area contributed by atoms with Crippen LogP contribution in [0.2, 0.25) is 0 Å². The fourth-order valence-electron chi connectivity index (χ4n) is 4.89. The van der Waals surface area contributed by atoms with Crippen LogP contribution >= 0.6 is 0 Å². The molecule has 1 fully saturated rings. The zero-order chi connectivity index (χ0) is 24.8. The smallest absolute Gasteiger partial charge is 0.223 e. The predicted molar refractivity (Wildman–Crippen MR) is 139 cm³/mol. The fraction of sp³-hybridized carbons (Fsp3) is 0.393. The van der Waals surface area contributed by atoms with E-state index >= 15 is 0 Å². The molecule has 0 bridgehead atoms. The first kappa shape index (κ1) is 24.7. The molecule has 4 rings (SSSR count). The fourth-order valence-corrected chi connectivity index (χ4v) is 4.89. The van der Waals surface area contributed by atoms with Crippen molar-refractivity contribution in [1.29, 1.82) is 0 Å². The van der Waals surface area contributed by atoms with Crippen molar-refractivity contribution in [2.45, 2.75) is 52.0 Å². The monoisotopic (exact) mass is 473 g/mol. The van der Waals surface area contributed by atoms with Crippen molar-refractivity contribution in [3.05, 3.63) is 71.7 Å². The maximum absolute atomic E-state index is 13.3. The number of anilines is 1. The number of hydrogen-bond acceptors (Lipinski definition) is 4. The number of benzene rings is 2. The Hall–Kier alpha value is -3.45. The zero-order valence-electron chi connectivity index (χ0n) is 20.5. The molecule has 0 spiro atoms. The molecule has 2 amide bonds. The van der Waals surface area contributed by atoms with Crippen LogP contribution in [0.3, 0.4) is 0 Å². The van der Waals surface area contributed by atoms with Gasteiger partial charge in [-0.1, -0.05) is 42.5 Å². The third-order valence-electron chi connectivity index (χ3n) is 6.84. The highest BCUT2D eigenvalue weighted by Crippen LogP contribution is 2.30. The van der Waals surface area contributed by atoms with E-state index in [9.17, 15) is 9.59 Å². The molecule has 7 heteroatoms. The van der Waals surface area contributed by atoms with Gasteiger partial charge in [-0.25, -0.2) is 4.98 Å². The maximum Gasteiger partial charge on any atom is 0.223 e. The topological polar surface area (TPSA) is 113 Å². The van der Waals surface area contributed by atoms with Gasteiger partial charge < -0.3 is 21.4 Å². The number of nitrogens with one attached hydrogen (secondary N) is 3. The summed E-state index contributed by atoms with van der Waals surface area (Å²) >= 11 is 0. The SMILES string of the molecule is CC(=O)Nc1cccc(-c2nc(C(Cc3ccccc3)NC(=O)C3CCC(CN)CC3)[nH]c2C)c1. The van der Waals surface area contributed by atoms with Gasteiger partial charge in [0.25, 0.3) is 0 Å². The van der Waals surface area contributed by atoms with Crippen molar-refractivity contribution < 1.29 is 9.59 Å². The lowest BCUT2D eigenvalue weighted by Crippen LogP contribution is -2.37. The van der Waals surface area contributed by atoms with Crippen LogP contribution in [0.25, 0.3) is 11.3 Å². The molecule has 1 unspecified atom stereocenters. The summed E-state index contributed by atoms with van der Waals surface area (Å²) in [4.78, 5) is 33.1. The summed E-state index contributed by atoms with van der Waals surface area (Å²) in [5.41, 5.74) is 10.3. The van der Waals surface area contributed by atoms with Gasteiger partial charge in [0.05, 0.1) is 11.7 Å². The summed E-state index contributed by atoms with van der Waals surface area (Å²) in [7, 11) is 0. The quantitative estimate of drug-likeness (QED) is 0.385. The summed E-state index contributed by atoms with van der Waals surface area (Å²) in [5.74, 6) is 1.25. The van der Waals surface area contributed by atoms with E-state index in [1.807, 2.05) is 49.4 Å². The van der Waals surface area contributed by atoms with E-state index in [2.05, 4.69) is 27.8 Å². The summed E-state index contributed by atoms with van der Waals surface area (Å²) in [6, 6.07) is 17.5. The number of hydrogen-bond donors (Lipinski definition) is 4. The third kappa shape index (κ3) is 6.36. The van der Waals surface area contributed by atoms with Crippen LogP contribution in [-0.2, 0) is 16.0 Å². The summed E-state index contributed by atoms with van der Waals surface area (Å²) in [6.45, 7) is 4.17. The second-order valence-electron chi connectivity index (χ2n) is 9.56. The Labute approximate surface area is 206 Å². The number of H-pyrrole nitrogens is 1. The van der Waals surface area contributed by atoms with Crippen LogP contribution in [0, 0.1) is 18.8 Å². The first-order chi connectivity index (χ1) is 16.9. The average Bonchev–Trinajstić information content (AvgIpc) is 3.25. The van der Waals surface area contributed by atoms with Gasteiger partial charge >= 0.3 is 0 Å². The zero-order valence-corrected chi connectivity index (χ0v) is 20.5. The van der Waals surface area contributed by atoms with Crippen LogP contribution in [0.5, 0.6) is 0 Å². The van der Waals surface area contributed by atoms with E-state index in [4.69, 9.17) is 10.7 Å². The van der Waals surface area contributed by atoms with Crippen molar-refractivity contribution in [1.82, 2.24) is 15.3 Å². The van der Waals surface area contributed by atoms with Crippen LogP contribution in [0.4, 0.5) is 5.69 Å². The summed E-state index contributed by atoms with van der Waals surface area (Å²) in [6.07, 6.45) is 4.41. The van der Waals surface area contributed by atoms with Gasteiger partial charge in [-0.2, -0.15) is 0 Å². The van der Waals surface area contributed by atoms with Crippen molar-refractivity contribution in [2.24, 2.45) is 17.6 Å². The molecular weight excluding hydrogens is 438 g/mol.